The van der Waals surface area contributed by atoms with Crippen LogP contribution in [0.2, 0.25) is 0 Å². The zero-order chi connectivity index (χ0) is 17.9. The standard InChI is InChI=1S/C21H34N2O/c1-15(2)17-11-12-21(3,4)13-18(17)19(14-22)20(24)23(5)16-9-7-6-8-10-16/h16-19H,1,6-13H2,2-5H3/t17-,18+,19?/m1/s1. The van der Waals surface area contributed by atoms with Crippen molar-refractivity contribution < 1.29 is 4.79 Å². The van der Waals surface area contributed by atoms with E-state index in [0.717, 1.165) is 37.7 Å². The van der Waals surface area contributed by atoms with Crippen molar-refractivity contribution in [2.24, 2.45) is 23.2 Å². The van der Waals surface area contributed by atoms with Gasteiger partial charge in [-0.05, 0) is 56.3 Å². The zero-order valence-electron chi connectivity index (χ0n) is 16.0. The SMILES string of the molecule is C=C(C)[C@H]1CCC(C)(C)C[C@@H]1C(C#N)C(=O)N(C)C1CCCCC1. The minimum atomic E-state index is -0.529. The van der Waals surface area contributed by atoms with E-state index in [0.29, 0.717) is 12.0 Å². The van der Waals surface area contributed by atoms with Crippen LogP contribution in [0.4, 0.5) is 0 Å². The number of hydrogen-bond donors (Lipinski definition) is 0. The van der Waals surface area contributed by atoms with Gasteiger partial charge in [-0.3, -0.25) is 4.79 Å². The highest BCUT2D eigenvalue weighted by Crippen LogP contribution is 2.47. The summed E-state index contributed by atoms with van der Waals surface area (Å²) in [5, 5.41) is 9.84. The molecule has 3 nitrogen and oxygen atoms in total. The molecule has 2 aliphatic rings. The van der Waals surface area contributed by atoms with Crippen molar-refractivity contribution in [3.63, 3.8) is 0 Å². The second-order valence-corrected chi connectivity index (χ2v) is 8.87. The Balaban J connectivity index is 2.18. The molecule has 3 atom stereocenters. The predicted molar refractivity (Wildman–Crippen MR) is 98.2 cm³/mol. The van der Waals surface area contributed by atoms with Gasteiger partial charge in [0.1, 0.15) is 5.92 Å². The molecule has 2 aliphatic carbocycles. The van der Waals surface area contributed by atoms with Gasteiger partial charge >= 0.3 is 0 Å². The summed E-state index contributed by atoms with van der Waals surface area (Å²) in [7, 11) is 1.91. The van der Waals surface area contributed by atoms with Crippen molar-refractivity contribution >= 4 is 5.91 Å². The Morgan fingerprint density at radius 2 is 1.88 bits per heavy atom. The van der Waals surface area contributed by atoms with E-state index in [1.54, 1.807) is 0 Å². The Morgan fingerprint density at radius 3 is 2.42 bits per heavy atom. The van der Waals surface area contributed by atoms with Gasteiger partial charge in [0.2, 0.25) is 5.91 Å². The molecule has 0 aromatic rings. The Hall–Kier alpha value is -1.30. The van der Waals surface area contributed by atoms with Crippen LogP contribution in [0, 0.1) is 34.5 Å². The summed E-state index contributed by atoms with van der Waals surface area (Å²) in [6.07, 6.45) is 8.97. The van der Waals surface area contributed by atoms with Gasteiger partial charge in [-0.2, -0.15) is 5.26 Å². The molecule has 0 N–H and O–H groups in total. The van der Waals surface area contributed by atoms with Crippen LogP contribution in [-0.2, 0) is 4.79 Å². The highest BCUT2D eigenvalue weighted by molar-refractivity contribution is 5.81. The first-order valence-corrected chi connectivity index (χ1v) is 9.58. The molecule has 0 aromatic carbocycles. The lowest BCUT2D eigenvalue weighted by Gasteiger charge is -2.44. The Labute approximate surface area is 148 Å². The number of carbonyl (C=O) groups excluding carboxylic acids is 1. The van der Waals surface area contributed by atoms with Gasteiger partial charge in [-0.25, -0.2) is 0 Å². The van der Waals surface area contributed by atoms with Crippen molar-refractivity contribution in [1.82, 2.24) is 4.90 Å². The first-order chi connectivity index (χ1) is 11.3. The van der Waals surface area contributed by atoms with E-state index in [-0.39, 0.29) is 17.2 Å². The summed E-state index contributed by atoms with van der Waals surface area (Å²) in [6.45, 7) is 10.7. The Bertz CT molecular complexity index is 510. The maximum Gasteiger partial charge on any atom is 0.240 e. The van der Waals surface area contributed by atoms with E-state index < -0.39 is 5.92 Å². The summed E-state index contributed by atoms with van der Waals surface area (Å²) in [4.78, 5) is 15.0. The quantitative estimate of drug-likeness (QED) is 0.686. The first-order valence-electron chi connectivity index (χ1n) is 9.58. The van der Waals surface area contributed by atoms with Crippen molar-refractivity contribution in [3.8, 4) is 6.07 Å². The molecule has 2 fully saturated rings. The molecule has 3 heteroatoms. The molecule has 2 rings (SSSR count). The zero-order valence-corrected chi connectivity index (χ0v) is 16.0. The summed E-state index contributed by atoms with van der Waals surface area (Å²) in [5.41, 5.74) is 1.33. The third-order valence-corrected chi connectivity index (χ3v) is 6.37. The third-order valence-electron chi connectivity index (χ3n) is 6.37. The monoisotopic (exact) mass is 330 g/mol. The van der Waals surface area contributed by atoms with Gasteiger partial charge in [0.25, 0.3) is 0 Å². The minimum absolute atomic E-state index is 0.0401. The van der Waals surface area contributed by atoms with E-state index >= 15 is 0 Å². The van der Waals surface area contributed by atoms with E-state index in [4.69, 9.17) is 0 Å². The normalized spacial score (nSPS) is 28.6. The second kappa shape index (κ2) is 7.72. The topological polar surface area (TPSA) is 44.1 Å². The summed E-state index contributed by atoms with van der Waals surface area (Å²) >= 11 is 0. The minimum Gasteiger partial charge on any atom is -0.342 e. The summed E-state index contributed by atoms with van der Waals surface area (Å²) < 4.78 is 0. The lowest BCUT2D eigenvalue weighted by Crippen LogP contribution is -2.46. The highest BCUT2D eigenvalue weighted by Gasteiger charge is 2.43. The largest absolute Gasteiger partial charge is 0.342 e. The van der Waals surface area contributed by atoms with Crippen LogP contribution in [0.25, 0.3) is 0 Å². The van der Waals surface area contributed by atoms with E-state index in [1.807, 2.05) is 11.9 Å². The molecule has 0 spiro atoms. The third kappa shape index (κ3) is 4.21. The van der Waals surface area contributed by atoms with Crippen molar-refractivity contribution in [1.29, 1.82) is 5.26 Å². The van der Waals surface area contributed by atoms with E-state index in [9.17, 15) is 10.1 Å². The van der Waals surface area contributed by atoms with Gasteiger partial charge in [0, 0.05) is 13.1 Å². The Kier molecular flexibility index (Phi) is 6.12. The molecule has 0 saturated heterocycles. The van der Waals surface area contributed by atoms with Gasteiger partial charge in [-0.1, -0.05) is 45.3 Å². The predicted octanol–water partition coefficient (Wildman–Crippen LogP) is 4.94. The molecule has 2 saturated carbocycles. The van der Waals surface area contributed by atoms with Crippen molar-refractivity contribution in [3.05, 3.63) is 12.2 Å². The molecule has 1 unspecified atom stereocenters. The van der Waals surface area contributed by atoms with Crippen LogP contribution >= 0.6 is 0 Å². The lowest BCUT2D eigenvalue weighted by atomic mass is 9.62. The summed E-state index contributed by atoms with van der Waals surface area (Å²) in [6, 6.07) is 2.70. The number of allylic oxidation sites excluding steroid dienone is 1. The van der Waals surface area contributed by atoms with Crippen LogP contribution in [-0.4, -0.2) is 23.9 Å². The first kappa shape index (κ1) is 19.0. The van der Waals surface area contributed by atoms with Gasteiger partial charge < -0.3 is 4.90 Å². The van der Waals surface area contributed by atoms with Gasteiger partial charge in [-0.15, -0.1) is 0 Å². The van der Waals surface area contributed by atoms with Crippen LogP contribution in [0.15, 0.2) is 12.2 Å². The average Bonchev–Trinajstić information content (AvgIpc) is 2.54. The molecular weight excluding hydrogens is 296 g/mol. The molecule has 0 bridgehead atoms. The molecule has 0 heterocycles. The molecule has 0 radical (unpaired) electrons. The number of rotatable bonds is 4. The fraction of sp³-hybridized carbons (Fsp3) is 0.810. The number of nitrogens with zero attached hydrogens (tertiary/aromatic N) is 2. The number of hydrogen-bond acceptors (Lipinski definition) is 2. The average molecular weight is 331 g/mol. The smallest absolute Gasteiger partial charge is 0.240 e. The van der Waals surface area contributed by atoms with Crippen LogP contribution in [0.1, 0.15) is 72.1 Å². The van der Waals surface area contributed by atoms with Crippen molar-refractivity contribution in [2.75, 3.05) is 7.05 Å². The molecule has 24 heavy (non-hydrogen) atoms. The van der Waals surface area contributed by atoms with E-state index in [2.05, 4.69) is 33.4 Å². The van der Waals surface area contributed by atoms with Crippen LogP contribution < -0.4 is 0 Å². The molecule has 1 amide bonds. The highest BCUT2D eigenvalue weighted by atomic mass is 16.2. The molecule has 0 aliphatic heterocycles. The van der Waals surface area contributed by atoms with E-state index in [1.165, 1.54) is 19.3 Å². The Morgan fingerprint density at radius 1 is 1.25 bits per heavy atom. The van der Waals surface area contributed by atoms with Crippen LogP contribution in [0.3, 0.4) is 0 Å². The van der Waals surface area contributed by atoms with Gasteiger partial charge in [0.15, 0.2) is 0 Å². The molecule has 0 aromatic heterocycles. The number of nitriles is 1. The van der Waals surface area contributed by atoms with Crippen LogP contribution in [0.5, 0.6) is 0 Å². The summed E-state index contributed by atoms with van der Waals surface area (Å²) in [5.74, 6) is -0.0854. The number of amides is 1. The fourth-order valence-corrected chi connectivity index (χ4v) is 4.81. The number of carbonyl (C=O) groups is 1. The second-order valence-electron chi connectivity index (χ2n) is 8.87. The lowest BCUT2D eigenvalue weighted by molar-refractivity contribution is -0.138. The van der Waals surface area contributed by atoms with Crippen molar-refractivity contribution in [2.45, 2.75) is 78.2 Å². The molecular formula is C21H34N2O. The van der Waals surface area contributed by atoms with Gasteiger partial charge in [0.05, 0.1) is 6.07 Å². The fourth-order valence-electron chi connectivity index (χ4n) is 4.81. The maximum absolute atomic E-state index is 13.1. The molecule has 134 valence electrons. The maximum atomic E-state index is 13.1.